The second kappa shape index (κ2) is 7.69. The summed E-state index contributed by atoms with van der Waals surface area (Å²) in [6.45, 7) is 1.76. The van der Waals surface area contributed by atoms with Gasteiger partial charge in [0.1, 0.15) is 6.54 Å². The van der Waals surface area contributed by atoms with Crippen LogP contribution in [0.2, 0.25) is 0 Å². The molecule has 0 radical (unpaired) electrons. The van der Waals surface area contributed by atoms with E-state index in [2.05, 4.69) is 10.6 Å². The first-order chi connectivity index (χ1) is 13.0. The van der Waals surface area contributed by atoms with Crippen molar-refractivity contribution in [3.05, 3.63) is 70.8 Å². The molecule has 1 heterocycles. The molecule has 0 saturated carbocycles. The van der Waals surface area contributed by atoms with E-state index in [0.717, 1.165) is 11.1 Å². The van der Waals surface area contributed by atoms with Gasteiger partial charge in [0, 0.05) is 6.54 Å². The molecule has 1 aliphatic heterocycles. The lowest BCUT2D eigenvalue weighted by atomic mass is 10.1. The van der Waals surface area contributed by atoms with Crippen molar-refractivity contribution in [3.8, 4) is 0 Å². The Morgan fingerprint density at radius 1 is 0.926 bits per heavy atom. The third-order valence-corrected chi connectivity index (χ3v) is 3.92. The average Bonchev–Trinajstić information content (AvgIpc) is 2.91. The number of imide groups is 1. The van der Waals surface area contributed by atoms with E-state index in [9.17, 15) is 19.2 Å². The molecule has 0 atom stereocenters. The van der Waals surface area contributed by atoms with Crippen LogP contribution in [0.5, 0.6) is 0 Å². The van der Waals surface area contributed by atoms with Gasteiger partial charge in [0.25, 0.3) is 11.8 Å². The van der Waals surface area contributed by atoms with Gasteiger partial charge in [0.2, 0.25) is 0 Å². The van der Waals surface area contributed by atoms with Crippen molar-refractivity contribution in [1.29, 1.82) is 0 Å². The molecule has 0 fully saturated rings. The van der Waals surface area contributed by atoms with Crippen molar-refractivity contribution in [2.75, 3.05) is 6.54 Å². The lowest BCUT2D eigenvalue weighted by Gasteiger charge is -2.13. The Hall–Kier alpha value is -3.68. The monoisotopic (exact) mass is 367 g/mol. The maximum absolute atomic E-state index is 12.1. The van der Waals surface area contributed by atoms with Crippen LogP contribution in [0.15, 0.2) is 48.5 Å². The Balaban J connectivity index is 1.46. The molecule has 0 aliphatic carbocycles. The Labute approximate surface area is 155 Å². The number of aryl methyl sites for hydroxylation is 1. The minimum absolute atomic E-state index is 0.166. The number of amides is 4. The molecule has 0 bridgehead atoms. The summed E-state index contributed by atoms with van der Waals surface area (Å²) in [4.78, 5) is 52.6. The van der Waals surface area contributed by atoms with Gasteiger partial charge in [-0.15, -0.1) is 0 Å². The smallest absolute Gasteiger partial charge is 0.334 e. The fraction of sp³-hybridized carbons (Fsp3) is 0.158. The molecule has 3 rings (SSSR count). The predicted molar refractivity (Wildman–Crippen MR) is 94.5 cm³/mol. The first-order valence-corrected chi connectivity index (χ1v) is 8.21. The number of urea groups is 1. The van der Waals surface area contributed by atoms with Crippen molar-refractivity contribution in [2.24, 2.45) is 0 Å². The van der Waals surface area contributed by atoms with E-state index >= 15 is 0 Å². The summed E-state index contributed by atoms with van der Waals surface area (Å²) in [5.74, 6) is -2.37. The van der Waals surface area contributed by atoms with Crippen LogP contribution >= 0.6 is 0 Å². The summed E-state index contributed by atoms with van der Waals surface area (Å²) in [6, 6.07) is 13.2. The Morgan fingerprint density at radius 2 is 1.52 bits per heavy atom. The zero-order valence-electron chi connectivity index (χ0n) is 14.5. The zero-order chi connectivity index (χ0) is 19.4. The molecule has 4 amide bonds. The van der Waals surface area contributed by atoms with Gasteiger partial charge < -0.3 is 15.5 Å². The molecule has 8 nitrogen and oxygen atoms in total. The Kier molecular flexibility index (Phi) is 5.16. The summed E-state index contributed by atoms with van der Waals surface area (Å²) in [5.41, 5.74) is 2.35. The Bertz CT molecular complexity index is 873. The highest BCUT2D eigenvalue weighted by Crippen LogP contribution is 2.22. The minimum atomic E-state index is -0.935. The van der Waals surface area contributed by atoms with Crippen LogP contribution in [-0.4, -0.2) is 35.4 Å². The third kappa shape index (κ3) is 4.12. The van der Waals surface area contributed by atoms with E-state index in [0.29, 0.717) is 11.6 Å². The van der Waals surface area contributed by atoms with E-state index < -0.39 is 30.4 Å². The van der Waals surface area contributed by atoms with Gasteiger partial charge >= 0.3 is 12.0 Å². The van der Waals surface area contributed by atoms with Gasteiger partial charge in [-0.2, -0.15) is 0 Å². The number of hydrogen-bond acceptors (Lipinski definition) is 5. The number of hydrogen-bond donors (Lipinski definition) is 2. The van der Waals surface area contributed by atoms with Gasteiger partial charge in [-0.05, 0) is 24.6 Å². The molecule has 1 aliphatic rings. The van der Waals surface area contributed by atoms with Gasteiger partial charge in [-0.25, -0.2) is 9.59 Å². The van der Waals surface area contributed by atoms with E-state index in [1.165, 1.54) is 12.1 Å². The third-order valence-electron chi connectivity index (χ3n) is 3.92. The topological polar surface area (TPSA) is 105 Å². The number of hydroxylamine groups is 2. The van der Waals surface area contributed by atoms with E-state index in [-0.39, 0.29) is 11.1 Å². The van der Waals surface area contributed by atoms with Gasteiger partial charge in [0.05, 0.1) is 11.1 Å². The molecule has 2 aromatic carbocycles. The maximum atomic E-state index is 12.1. The van der Waals surface area contributed by atoms with Crippen LogP contribution in [0.1, 0.15) is 31.8 Å². The number of rotatable bonds is 5. The summed E-state index contributed by atoms with van der Waals surface area (Å²) in [7, 11) is 0. The molecule has 138 valence electrons. The first kappa shape index (κ1) is 18.1. The van der Waals surface area contributed by atoms with Gasteiger partial charge in [0.15, 0.2) is 0 Å². The number of nitrogens with zero attached hydrogens (tertiary/aromatic N) is 1. The standard InChI is InChI=1S/C19H17N3O5/c1-12-6-8-13(9-7-12)10-20-19(26)21-11-16(23)27-22-17(24)14-4-2-3-5-15(14)18(22)25/h2-9H,10-11H2,1H3,(H2,20,21,26). The van der Waals surface area contributed by atoms with Crippen molar-refractivity contribution in [2.45, 2.75) is 13.5 Å². The van der Waals surface area contributed by atoms with Crippen LogP contribution in [0.4, 0.5) is 4.79 Å². The second-order valence-electron chi connectivity index (χ2n) is 5.94. The number of fused-ring (bicyclic) bond motifs is 1. The summed E-state index contributed by atoms with van der Waals surface area (Å²) in [5, 5.41) is 5.31. The lowest BCUT2D eigenvalue weighted by Crippen LogP contribution is -2.41. The minimum Gasteiger partial charge on any atom is -0.334 e. The summed E-state index contributed by atoms with van der Waals surface area (Å²) >= 11 is 0. The highest BCUT2D eigenvalue weighted by atomic mass is 16.7. The zero-order valence-corrected chi connectivity index (χ0v) is 14.5. The first-order valence-electron chi connectivity index (χ1n) is 8.21. The molecule has 27 heavy (non-hydrogen) atoms. The molecule has 8 heteroatoms. The van der Waals surface area contributed by atoms with E-state index in [1.54, 1.807) is 12.1 Å². The number of nitrogens with one attached hydrogen (secondary N) is 2. The van der Waals surface area contributed by atoms with Crippen LogP contribution in [-0.2, 0) is 16.2 Å². The largest absolute Gasteiger partial charge is 0.352 e. The number of carbonyl (C=O) groups excluding carboxylic acids is 4. The van der Waals surface area contributed by atoms with Crippen molar-refractivity contribution in [3.63, 3.8) is 0 Å². The van der Waals surface area contributed by atoms with Crippen LogP contribution in [0.3, 0.4) is 0 Å². The molecule has 0 unspecified atom stereocenters. The predicted octanol–water partition coefficient (Wildman–Crippen LogP) is 1.55. The highest BCUT2D eigenvalue weighted by Gasteiger charge is 2.38. The van der Waals surface area contributed by atoms with E-state index in [1.807, 2.05) is 31.2 Å². The summed E-state index contributed by atoms with van der Waals surface area (Å²) < 4.78 is 0. The normalized spacial score (nSPS) is 12.6. The van der Waals surface area contributed by atoms with Gasteiger partial charge in [-0.1, -0.05) is 47.0 Å². The molecule has 2 aromatic rings. The lowest BCUT2D eigenvalue weighted by molar-refractivity contribution is -0.167. The van der Waals surface area contributed by atoms with Crippen molar-refractivity contribution >= 4 is 23.8 Å². The molecule has 2 N–H and O–H groups in total. The van der Waals surface area contributed by atoms with Crippen LogP contribution < -0.4 is 10.6 Å². The number of benzene rings is 2. The molecular weight excluding hydrogens is 350 g/mol. The van der Waals surface area contributed by atoms with Crippen LogP contribution in [0.25, 0.3) is 0 Å². The Morgan fingerprint density at radius 3 is 2.11 bits per heavy atom. The average molecular weight is 367 g/mol. The molecule has 0 saturated heterocycles. The molecule has 0 spiro atoms. The van der Waals surface area contributed by atoms with Crippen molar-refractivity contribution < 1.29 is 24.0 Å². The van der Waals surface area contributed by atoms with Gasteiger partial charge in [-0.3, -0.25) is 9.59 Å². The quantitative estimate of drug-likeness (QED) is 0.780. The molecular formula is C19H17N3O5. The number of carbonyl (C=O) groups is 4. The fourth-order valence-corrected chi connectivity index (χ4v) is 2.49. The maximum Gasteiger partial charge on any atom is 0.352 e. The second-order valence-corrected chi connectivity index (χ2v) is 5.94. The SMILES string of the molecule is Cc1ccc(CNC(=O)NCC(=O)ON2C(=O)c3ccccc3C2=O)cc1. The van der Waals surface area contributed by atoms with Crippen molar-refractivity contribution in [1.82, 2.24) is 15.7 Å². The van der Waals surface area contributed by atoms with Crippen LogP contribution in [0, 0.1) is 6.92 Å². The summed E-state index contributed by atoms with van der Waals surface area (Å²) in [6.07, 6.45) is 0. The highest BCUT2D eigenvalue weighted by molar-refractivity contribution is 6.20. The molecule has 0 aromatic heterocycles. The fourth-order valence-electron chi connectivity index (χ4n) is 2.49. The van der Waals surface area contributed by atoms with E-state index in [4.69, 9.17) is 4.84 Å².